The molecule has 126 valence electrons. The first kappa shape index (κ1) is 16.5. The lowest BCUT2D eigenvalue weighted by Gasteiger charge is -2.22. The standard InChI is InChI=1S/C20H23NO3/c1-24-17-9-5-8-16(12-17)18-13-19(18)20(23)21(10-11-22)14-15-6-3-2-4-7-15/h2-9,12,18-19,22H,10-11,13-14H2,1H3. The Balaban J connectivity index is 1.68. The Kier molecular flexibility index (Phi) is 5.16. The first-order chi connectivity index (χ1) is 11.7. The van der Waals surface area contributed by atoms with Crippen LogP contribution in [-0.4, -0.2) is 36.2 Å². The van der Waals surface area contributed by atoms with E-state index in [9.17, 15) is 9.90 Å². The SMILES string of the molecule is COc1cccc(C2CC2C(=O)N(CCO)Cc2ccccc2)c1. The van der Waals surface area contributed by atoms with Gasteiger partial charge in [0.05, 0.1) is 13.7 Å². The maximum Gasteiger partial charge on any atom is 0.226 e. The van der Waals surface area contributed by atoms with Gasteiger partial charge in [-0.3, -0.25) is 4.79 Å². The maximum atomic E-state index is 12.8. The summed E-state index contributed by atoms with van der Waals surface area (Å²) in [7, 11) is 1.65. The molecule has 24 heavy (non-hydrogen) atoms. The number of hydrogen-bond acceptors (Lipinski definition) is 3. The number of aliphatic hydroxyl groups excluding tert-OH is 1. The summed E-state index contributed by atoms with van der Waals surface area (Å²) in [5, 5.41) is 9.31. The van der Waals surface area contributed by atoms with E-state index in [2.05, 4.69) is 0 Å². The molecule has 1 aliphatic rings. The quantitative estimate of drug-likeness (QED) is 0.851. The zero-order valence-electron chi connectivity index (χ0n) is 13.9. The van der Waals surface area contributed by atoms with Crippen LogP contribution in [-0.2, 0) is 11.3 Å². The lowest BCUT2D eigenvalue weighted by atomic mass is 10.1. The van der Waals surface area contributed by atoms with Crippen LogP contribution in [0.5, 0.6) is 5.75 Å². The van der Waals surface area contributed by atoms with E-state index in [1.54, 1.807) is 12.0 Å². The fourth-order valence-electron chi connectivity index (χ4n) is 3.13. The van der Waals surface area contributed by atoms with Gasteiger partial charge in [-0.15, -0.1) is 0 Å². The third-order valence-electron chi connectivity index (χ3n) is 4.53. The number of carbonyl (C=O) groups excluding carboxylic acids is 1. The molecule has 2 unspecified atom stereocenters. The molecule has 0 spiro atoms. The van der Waals surface area contributed by atoms with E-state index in [-0.39, 0.29) is 24.3 Å². The number of rotatable bonds is 7. The van der Waals surface area contributed by atoms with Crippen LogP contribution in [0.4, 0.5) is 0 Å². The second-order valence-corrected chi connectivity index (χ2v) is 6.19. The smallest absolute Gasteiger partial charge is 0.226 e. The number of nitrogens with zero attached hydrogens (tertiary/aromatic N) is 1. The van der Waals surface area contributed by atoms with E-state index in [1.807, 2.05) is 54.6 Å². The molecule has 0 bridgehead atoms. The Labute approximate surface area is 142 Å². The lowest BCUT2D eigenvalue weighted by Crippen LogP contribution is -2.34. The predicted molar refractivity (Wildman–Crippen MR) is 92.8 cm³/mol. The number of amides is 1. The van der Waals surface area contributed by atoms with Gasteiger partial charge in [0.25, 0.3) is 0 Å². The summed E-state index contributed by atoms with van der Waals surface area (Å²) in [5.41, 5.74) is 2.23. The van der Waals surface area contributed by atoms with Gasteiger partial charge in [-0.25, -0.2) is 0 Å². The molecular formula is C20H23NO3. The minimum Gasteiger partial charge on any atom is -0.497 e. The normalized spacial score (nSPS) is 18.9. The molecule has 0 saturated heterocycles. The van der Waals surface area contributed by atoms with Crippen molar-refractivity contribution in [3.05, 3.63) is 65.7 Å². The summed E-state index contributed by atoms with van der Waals surface area (Å²) in [6.45, 7) is 0.895. The van der Waals surface area contributed by atoms with E-state index in [0.717, 1.165) is 23.3 Å². The minimum absolute atomic E-state index is 0.00682. The topological polar surface area (TPSA) is 49.8 Å². The van der Waals surface area contributed by atoms with Crippen molar-refractivity contribution >= 4 is 5.91 Å². The van der Waals surface area contributed by atoms with Crippen molar-refractivity contribution < 1.29 is 14.6 Å². The van der Waals surface area contributed by atoms with Crippen LogP contribution in [0.25, 0.3) is 0 Å². The van der Waals surface area contributed by atoms with Gasteiger partial charge in [0.15, 0.2) is 0 Å². The Hall–Kier alpha value is -2.33. The Morgan fingerprint density at radius 1 is 1.21 bits per heavy atom. The van der Waals surface area contributed by atoms with Gasteiger partial charge in [-0.1, -0.05) is 42.5 Å². The monoisotopic (exact) mass is 325 g/mol. The van der Waals surface area contributed by atoms with E-state index < -0.39 is 0 Å². The van der Waals surface area contributed by atoms with Crippen molar-refractivity contribution in [1.29, 1.82) is 0 Å². The minimum atomic E-state index is -0.0187. The van der Waals surface area contributed by atoms with Gasteiger partial charge in [0.2, 0.25) is 5.91 Å². The average Bonchev–Trinajstić information content (AvgIpc) is 3.42. The molecule has 0 radical (unpaired) electrons. The summed E-state index contributed by atoms with van der Waals surface area (Å²) < 4.78 is 5.27. The summed E-state index contributed by atoms with van der Waals surface area (Å²) in [5.74, 6) is 1.21. The van der Waals surface area contributed by atoms with E-state index in [4.69, 9.17) is 4.74 Å². The van der Waals surface area contributed by atoms with Crippen molar-refractivity contribution in [1.82, 2.24) is 4.90 Å². The van der Waals surface area contributed by atoms with Crippen LogP contribution in [0, 0.1) is 5.92 Å². The first-order valence-electron chi connectivity index (χ1n) is 8.30. The van der Waals surface area contributed by atoms with Crippen molar-refractivity contribution in [2.75, 3.05) is 20.3 Å². The van der Waals surface area contributed by atoms with Crippen LogP contribution in [0.1, 0.15) is 23.5 Å². The van der Waals surface area contributed by atoms with Crippen LogP contribution >= 0.6 is 0 Å². The molecule has 3 rings (SSSR count). The van der Waals surface area contributed by atoms with Gasteiger partial charge in [-0.05, 0) is 35.6 Å². The van der Waals surface area contributed by atoms with Gasteiger partial charge >= 0.3 is 0 Å². The molecule has 4 nitrogen and oxygen atoms in total. The second-order valence-electron chi connectivity index (χ2n) is 6.19. The van der Waals surface area contributed by atoms with Gasteiger partial charge in [0, 0.05) is 19.0 Å². The molecule has 1 N–H and O–H groups in total. The number of aliphatic hydroxyl groups is 1. The highest BCUT2D eigenvalue weighted by atomic mass is 16.5. The Bertz CT molecular complexity index is 686. The second kappa shape index (κ2) is 7.49. The summed E-state index contributed by atoms with van der Waals surface area (Å²) in [4.78, 5) is 14.6. The zero-order chi connectivity index (χ0) is 16.9. The number of benzene rings is 2. The molecule has 1 saturated carbocycles. The third kappa shape index (κ3) is 3.77. The molecule has 0 aliphatic heterocycles. The molecule has 2 aromatic rings. The molecule has 4 heteroatoms. The van der Waals surface area contributed by atoms with Crippen molar-refractivity contribution in [2.24, 2.45) is 5.92 Å². The number of ether oxygens (including phenoxy) is 1. The molecule has 0 heterocycles. The number of carbonyl (C=O) groups is 1. The first-order valence-corrected chi connectivity index (χ1v) is 8.30. The van der Waals surface area contributed by atoms with Crippen LogP contribution in [0.3, 0.4) is 0 Å². The molecule has 1 fully saturated rings. The highest BCUT2D eigenvalue weighted by Crippen LogP contribution is 2.49. The summed E-state index contributed by atoms with van der Waals surface area (Å²) in [6, 6.07) is 17.8. The molecular weight excluding hydrogens is 302 g/mol. The predicted octanol–water partition coefficient (Wildman–Crippen LogP) is 2.82. The van der Waals surface area contributed by atoms with Gasteiger partial charge in [-0.2, -0.15) is 0 Å². The zero-order valence-corrected chi connectivity index (χ0v) is 13.9. The van der Waals surface area contributed by atoms with Crippen LogP contribution < -0.4 is 4.74 Å². The van der Waals surface area contributed by atoms with E-state index in [1.165, 1.54) is 0 Å². The maximum absolute atomic E-state index is 12.8. The van der Waals surface area contributed by atoms with E-state index in [0.29, 0.717) is 13.1 Å². The molecule has 1 amide bonds. The molecule has 0 aromatic heterocycles. The molecule has 2 aromatic carbocycles. The fraction of sp³-hybridized carbons (Fsp3) is 0.350. The van der Waals surface area contributed by atoms with Crippen molar-refractivity contribution in [3.8, 4) is 5.75 Å². The van der Waals surface area contributed by atoms with Gasteiger partial charge in [0.1, 0.15) is 5.75 Å². The van der Waals surface area contributed by atoms with E-state index >= 15 is 0 Å². The van der Waals surface area contributed by atoms with Crippen molar-refractivity contribution in [3.63, 3.8) is 0 Å². The third-order valence-corrected chi connectivity index (χ3v) is 4.53. The summed E-state index contributed by atoms with van der Waals surface area (Å²) in [6.07, 6.45) is 0.864. The molecule has 2 atom stereocenters. The fourth-order valence-corrected chi connectivity index (χ4v) is 3.13. The highest BCUT2D eigenvalue weighted by molar-refractivity contribution is 5.83. The Morgan fingerprint density at radius 3 is 2.71 bits per heavy atom. The lowest BCUT2D eigenvalue weighted by molar-refractivity contribution is -0.133. The Morgan fingerprint density at radius 2 is 2.00 bits per heavy atom. The van der Waals surface area contributed by atoms with Crippen LogP contribution in [0.2, 0.25) is 0 Å². The largest absolute Gasteiger partial charge is 0.497 e. The average molecular weight is 325 g/mol. The number of hydrogen-bond donors (Lipinski definition) is 1. The molecule has 1 aliphatic carbocycles. The summed E-state index contributed by atoms with van der Waals surface area (Å²) >= 11 is 0. The number of methoxy groups -OCH3 is 1. The van der Waals surface area contributed by atoms with Crippen LogP contribution in [0.15, 0.2) is 54.6 Å². The van der Waals surface area contributed by atoms with Crippen molar-refractivity contribution in [2.45, 2.75) is 18.9 Å². The van der Waals surface area contributed by atoms with Gasteiger partial charge < -0.3 is 14.7 Å². The highest BCUT2D eigenvalue weighted by Gasteiger charge is 2.45.